The van der Waals surface area contributed by atoms with Gasteiger partial charge >= 0.3 is 0 Å². The van der Waals surface area contributed by atoms with Crippen molar-refractivity contribution in [1.82, 2.24) is 4.98 Å². The van der Waals surface area contributed by atoms with Crippen LogP contribution in [0.4, 0.5) is 0 Å². The van der Waals surface area contributed by atoms with Crippen LogP contribution in [0.15, 0.2) is 24.3 Å². The van der Waals surface area contributed by atoms with Gasteiger partial charge in [-0.1, -0.05) is 12.1 Å². The zero-order valence-corrected chi connectivity index (χ0v) is 8.98. The maximum atomic E-state index is 10.8. The topological polar surface area (TPSA) is 62.2 Å². The lowest BCUT2D eigenvalue weighted by Crippen LogP contribution is -2.23. The first kappa shape index (κ1) is 10.4. The predicted octanol–water partition coefficient (Wildman–Crippen LogP) is 0.915. The van der Waals surface area contributed by atoms with Gasteiger partial charge in [-0.05, 0) is 19.1 Å². The lowest BCUT2D eigenvalue weighted by Gasteiger charge is -2.10. The number of carbonyl (C=O) groups is 1. The predicted molar refractivity (Wildman–Crippen MR) is 57.4 cm³/mol. The van der Waals surface area contributed by atoms with Gasteiger partial charge in [0.15, 0.2) is 0 Å². The first-order valence-electron chi connectivity index (χ1n) is 4.79. The summed E-state index contributed by atoms with van der Waals surface area (Å²) in [5.74, 6) is -0.583. The molecule has 0 N–H and O–H groups in total. The summed E-state index contributed by atoms with van der Waals surface area (Å²) in [5.41, 5.74) is 1.20. The second kappa shape index (κ2) is 3.81. The van der Waals surface area contributed by atoms with Crippen LogP contribution in [0.5, 0.6) is 5.75 Å². The summed E-state index contributed by atoms with van der Waals surface area (Å²) in [6, 6.07) is 6.91. The van der Waals surface area contributed by atoms with Crippen LogP contribution < -0.4 is 9.84 Å². The molecule has 1 heterocycles. The Morgan fingerprint density at radius 1 is 1.44 bits per heavy atom. The Labute approximate surface area is 92.5 Å². The number of fused-ring (bicyclic) bond motifs is 1. The van der Waals surface area contributed by atoms with Crippen LogP contribution in [0.1, 0.15) is 16.1 Å². The van der Waals surface area contributed by atoms with Crippen LogP contribution in [-0.2, 0) is 0 Å². The van der Waals surface area contributed by atoms with Gasteiger partial charge in [0.25, 0.3) is 0 Å². The van der Waals surface area contributed by atoms with Crippen molar-refractivity contribution in [2.45, 2.75) is 6.92 Å². The normalized spacial score (nSPS) is 10.4. The number of aromatic carboxylic acids is 1. The molecule has 0 amide bonds. The molecular formula is C12H10NO3-. The van der Waals surface area contributed by atoms with Crippen molar-refractivity contribution in [2.24, 2.45) is 0 Å². The number of rotatable bonds is 2. The monoisotopic (exact) mass is 216 g/mol. The van der Waals surface area contributed by atoms with E-state index in [1.807, 2.05) is 0 Å². The Hall–Kier alpha value is -2.10. The molecule has 0 saturated heterocycles. The maximum absolute atomic E-state index is 10.8. The van der Waals surface area contributed by atoms with Gasteiger partial charge in [0.2, 0.25) is 0 Å². The van der Waals surface area contributed by atoms with Crippen LogP contribution >= 0.6 is 0 Å². The number of carboxylic acid groups (broad SMARTS) is 1. The Kier molecular flexibility index (Phi) is 2.48. The summed E-state index contributed by atoms with van der Waals surface area (Å²) in [4.78, 5) is 15.1. The zero-order chi connectivity index (χ0) is 11.7. The van der Waals surface area contributed by atoms with E-state index in [2.05, 4.69) is 4.98 Å². The van der Waals surface area contributed by atoms with E-state index in [4.69, 9.17) is 4.74 Å². The second-order valence-electron chi connectivity index (χ2n) is 3.44. The van der Waals surface area contributed by atoms with Crippen molar-refractivity contribution in [3.05, 3.63) is 35.5 Å². The third-order valence-corrected chi connectivity index (χ3v) is 2.44. The SMILES string of the molecule is COc1cccc2cc(C(=O)[O-])c(C)nc12. The van der Waals surface area contributed by atoms with Crippen LogP contribution in [-0.4, -0.2) is 18.1 Å². The van der Waals surface area contributed by atoms with Gasteiger partial charge in [0, 0.05) is 16.6 Å². The molecule has 0 fully saturated rings. The molecule has 0 atom stereocenters. The molecule has 2 rings (SSSR count). The van der Waals surface area contributed by atoms with E-state index in [1.165, 1.54) is 0 Å². The highest BCUT2D eigenvalue weighted by Gasteiger charge is 2.07. The van der Waals surface area contributed by atoms with Crippen molar-refractivity contribution in [1.29, 1.82) is 0 Å². The van der Waals surface area contributed by atoms with Gasteiger partial charge < -0.3 is 14.6 Å². The average molecular weight is 216 g/mol. The maximum Gasteiger partial charge on any atom is 0.145 e. The highest BCUT2D eigenvalue weighted by atomic mass is 16.5. The molecule has 0 bridgehead atoms. The van der Waals surface area contributed by atoms with Crippen LogP contribution in [0.25, 0.3) is 10.9 Å². The number of ether oxygens (including phenoxy) is 1. The summed E-state index contributed by atoms with van der Waals surface area (Å²) in [6.45, 7) is 1.64. The van der Waals surface area contributed by atoms with E-state index in [1.54, 1.807) is 38.3 Å². The van der Waals surface area contributed by atoms with Crippen LogP contribution in [0, 0.1) is 6.92 Å². The molecule has 0 radical (unpaired) electrons. The number of hydrogen-bond acceptors (Lipinski definition) is 4. The minimum absolute atomic E-state index is 0.112. The minimum atomic E-state index is -1.21. The van der Waals surface area contributed by atoms with Crippen molar-refractivity contribution in [2.75, 3.05) is 7.11 Å². The number of para-hydroxylation sites is 1. The van der Waals surface area contributed by atoms with E-state index < -0.39 is 5.97 Å². The number of carbonyl (C=O) groups excluding carboxylic acids is 1. The molecular weight excluding hydrogens is 206 g/mol. The fourth-order valence-corrected chi connectivity index (χ4v) is 1.63. The first-order chi connectivity index (χ1) is 7.63. The molecule has 0 aliphatic rings. The standard InChI is InChI=1S/C12H11NO3/c1-7-9(12(14)15)6-8-4-3-5-10(16-2)11(8)13-7/h3-6H,1-2H3,(H,14,15)/p-1. The zero-order valence-electron chi connectivity index (χ0n) is 8.98. The molecule has 0 saturated carbocycles. The minimum Gasteiger partial charge on any atom is -0.545 e. The molecule has 4 heteroatoms. The number of benzene rings is 1. The van der Waals surface area contributed by atoms with E-state index in [9.17, 15) is 9.90 Å². The molecule has 0 spiro atoms. The third kappa shape index (κ3) is 1.58. The molecule has 4 nitrogen and oxygen atoms in total. The molecule has 0 unspecified atom stereocenters. The fraction of sp³-hybridized carbons (Fsp3) is 0.167. The van der Waals surface area contributed by atoms with Gasteiger partial charge in [-0.3, -0.25) is 0 Å². The van der Waals surface area contributed by atoms with E-state index in [0.29, 0.717) is 17.0 Å². The molecule has 16 heavy (non-hydrogen) atoms. The number of aromatic nitrogens is 1. The molecule has 82 valence electrons. The number of methoxy groups -OCH3 is 1. The Morgan fingerprint density at radius 2 is 2.19 bits per heavy atom. The number of nitrogens with zero attached hydrogens (tertiary/aromatic N) is 1. The summed E-state index contributed by atoms with van der Waals surface area (Å²) < 4.78 is 5.16. The van der Waals surface area contributed by atoms with Gasteiger partial charge in [-0.25, -0.2) is 4.98 Å². The van der Waals surface area contributed by atoms with E-state index in [0.717, 1.165) is 5.39 Å². The molecule has 1 aromatic carbocycles. The van der Waals surface area contributed by atoms with Gasteiger partial charge in [-0.15, -0.1) is 0 Å². The lowest BCUT2D eigenvalue weighted by atomic mass is 10.1. The molecule has 0 aliphatic carbocycles. The molecule has 0 aliphatic heterocycles. The van der Waals surface area contributed by atoms with Gasteiger partial charge in [0.05, 0.1) is 13.1 Å². The summed E-state index contributed by atoms with van der Waals surface area (Å²) in [7, 11) is 1.55. The van der Waals surface area contributed by atoms with Gasteiger partial charge in [-0.2, -0.15) is 0 Å². The van der Waals surface area contributed by atoms with Crippen molar-refractivity contribution in [3.63, 3.8) is 0 Å². The quantitative estimate of drug-likeness (QED) is 0.748. The second-order valence-corrected chi connectivity index (χ2v) is 3.44. The third-order valence-electron chi connectivity index (χ3n) is 2.44. The fourth-order valence-electron chi connectivity index (χ4n) is 1.63. The van der Waals surface area contributed by atoms with Crippen molar-refractivity contribution in [3.8, 4) is 5.75 Å². The number of carboxylic acids is 1. The Balaban J connectivity index is 2.78. The van der Waals surface area contributed by atoms with Crippen LogP contribution in [0.2, 0.25) is 0 Å². The number of aryl methyl sites for hydroxylation is 1. The van der Waals surface area contributed by atoms with E-state index >= 15 is 0 Å². The highest BCUT2D eigenvalue weighted by molar-refractivity contribution is 5.94. The van der Waals surface area contributed by atoms with Crippen molar-refractivity contribution >= 4 is 16.9 Å². The summed E-state index contributed by atoms with van der Waals surface area (Å²) in [6.07, 6.45) is 0. The Morgan fingerprint density at radius 3 is 2.81 bits per heavy atom. The smallest absolute Gasteiger partial charge is 0.145 e. The van der Waals surface area contributed by atoms with Gasteiger partial charge in [0.1, 0.15) is 11.3 Å². The largest absolute Gasteiger partial charge is 0.545 e. The molecule has 2 aromatic rings. The highest BCUT2D eigenvalue weighted by Crippen LogP contribution is 2.25. The first-order valence-corrected chi connectivity index (χ1v) is 4.79. The number of pyridine rings is 1. The van der Waals surface area contributed by atoms with E-state index in [-0.39, 0.29) is 5.56 Å². The molecule has 1 aromatic heterocycles. The summed E-state index contributed by atoms with van der Waals surface area (Å²) >= 11 is 0. The lowest BCUT2D eigenvalue weighted by molar-refractivity contribution is -0.255. The Bertz CT molecular complexity index is 563. The summed E-state index contributed by atoms with van der Waals surface area (Å²) in [5, 5.41) is 11.6. The number of hydrogen-bond donors (Lipinski definition) is 0. The average Bonchev–Trinajstić information content (AvgIpc) is 2.27. The van der Waals surface area contributed by atoms with Crippen LogP contribution in [0.3, 0.4) is 0 Å². The van der Waals surface area contributed by atoms with Crippen molar-refractivity contribution < 1.29 is 14.6 Å².